The molecule has 0 unspecified atom stereocenters. The molecule has 2 radical (unpaired) electrons. The first-order valence-electron chi connectivity index (χ1n) is 0.378. The van der Waals surface area contributed by atoms with Crippen molar-refractivity contribution in [1.82, 2.24) is 0 Å². The summed E-state index contributed by atoms with van der Waals surface area (Å²) in [4.78, 5) is 0. The summed E-state index contributed by atoms with van der Waals surface area (Å²) in [6, 6.07) is 0. The van der Waals surface area contributed by atoms with E-state index in [1.807, 2.05) is 0 Å². The monoisotopic (exact) mass is 590 g/mol. The summed E-state index contributed by atoms with van der Waals surface area (Å²) in [7, 11) is 0. The van der Waals surface area contributed by atoms with Gasteiger partial charge in [0.1, 0.15) is 0 Å². The van der Waals surface area contributed by atoms with Gasteiger partial charge in [-0.15, -0.1) is 24.0 Å². The first kappa shape index (κ1) is 10.2. The second-order valence-corrected chi connectivity index (χ2v) is 28.2. The first-order chi connectivity index (χ1) is 1.41. The molecule has 0 aromatic rings. The Labute approximate surface area is 73.0 Å². The molecule has 0 saturated heterocycles. The molecule has 0 rings (SSSR count). The summed E-state index contributed by atoms with van der Waals surface area (Å²) in [5.41, 5.74) is 0. The van der Waals surface area contributed by atoms with Crippen molar-refractivity contribution in [3.8, 4) is 0 Å². The normalized spacial score (nSPS) is 4.50. The minimum absolute atomic E-state index is 0. The topological polar surface area (TPSA) is 0 Å². The minimum atomic E-state index is 0. The van der Waals surface area contributed by atoms with Crippen LogP contribution < -0.4 is 0 Å². The Bertz CT molecular complexity index is 3.25. The molecule has 26 valence electrons. The van der Waals surface area contributed by atoms with Gasteiger partial charge in [-0.2, -0.15) is 0 Å². The van der Waals surface area contributed by atoms with Gasteiger partial charge in [-0.25, -0.2) is 0 Å². The molecule has 0 aliphatic carbocycles. The molecule has 0 atom stereocenters. The average Bonchev–Trinajstić information content (AvgIpc) is 0.918. The molecule has 0 aromatic heterocycles. The van der Waals surface area contributed by atoms with Crippen LogP contribution in [0.3, 0.4) is 0 Å². The number of rotatable bonds is 0. The average molecular weight is 589 g/mol. The zero-order valence-electron chi connectivity index (χ0n) is 1.66. The van der Waals surface area contributed by atoms with Crippen LogP contribution in [0, 0.1) is 0 Å². The van der Waals surface area contributed by atoms with Gasteiger partial charge >= 0.3 is 51.2 Å². The maximum atomic E-state index is 2.47. The van der Waals surface area contributed by atoms with Crippen LogP contribution in [0.25, 0.3) is 0 Å². The van der Waals surface area contributed by atoms with E-state index in [0.717, 1.165) is 0 Å². The molecule has 0 saturated carbocycles. The Balaban J connectivity index is 0. The molecule has 0 bridgehead atoms. The van der Waals surface area contributed by atoms with Crippen molar-refractivity contribution in [3.05, 3.63) is 0 Å². The van der Waals surface area contributed by atoms with Crippen LogP contribution in [0.2, 0.25) is 0 Å². The Morgan fingerprint density at radius 3 is 1.25 bits per heavy atom. The standard InChI is InChI=1S/3HI.Pb/h3*1H;/q;;;+2/p-2. The molecule has 0 heterocycles. The summed E-state index contributed by atoms with van der Waals surface area (Å²) in [6.07, 6.45) is 0. The second-order valence-electron chi connectivity index (χ2n) is 0.0714. The van der Waals surface area contributed by atoms with Gasteiger partial charge in [0.2, 0.25) is 0 Å². The van der Waals surface area contributed by atoms with Crippen molar-refractivity contribution in [2.45, 2.75) is 0 Å². The molecule has 0 amide bonds. The van der Waals surface area contributed by atoms with Gasteiger partial charge in [0.15, 0.2) is 0 Å². The molecular formula is HI3Pb. The molecule has 4 heavy (non-hydrogen) atoms. The fourth-order valence-corrected chi connectivity index (χ4v) is 0. The molecular weight excluding hydrogens is 588 g/mol. The Morgan fingerprint density at radius 2 is 1.25 bits per heavy atom. The zero-order valence-corrected chi connectivity index (χ0v) is 12.2. The zero-order chi connectivity index (χ0) is 2.71. The molecule has 0 aliphatic rings. The van der Waals surface area contributed by atoms with Crippen LogP contribution >= 0.6 is 59.5 Å². The van der Waals surface area contributed by atoms with Crippen LogP contribution in [-0.2, 0) is 0 Å². The van der Waals surface area contributed by atoms with Gasteiger partial charge in [-0.05, 0) is 0 Å². The van der Waals surface area contributed by atoms with E-state index < -0.39 is 0 Å². The van der Waals surface area contributed by atoms with Crippen molar-refractivity contribution in [2.24, 2.45) is 0 Å². The third-order valence-electron chi connectivity index (χ3n) is 0. The first-order valence-corrected chi connectivity index (χ1v) is 22.2. The van der Waals surface area contributed by atoms with Crippen LogP contribution in [-0.4, -0.2) is 15.6 Å². The van der Waals surface area contributed by atoms with Gasteiger partial charge in [-0.3, -0.25) is 0 Å². The fourth-order valence-electron chi connectivity index (χ4n) is 0. The fraction of sp³-hybridized carbons (Fsp3) is 0. The molecule has 4 heteroatoms. The molecule has 0 N–H and O–H groups in total. The third kappa shape index (κ3) is 8.93. The molecule has 0 aromatic carbocycles. The van der Waals surface area contributed by atoms with Gasteiger partial charge < -0.3 is 0 Å². The van der Waals surface area contributed by atoms with E-state index in [1.54, 1.807) is 0 Å². The van der Waals surface area contributed by atoms with Crippen LogP contribution in [0.15, 0.2) is 0 Å². The van der Waals surface area contributed by atoms with Gasteiger partial charge in [0.25, 0.3) is 0 Å². The number of hydrogen-bond donors (Lipinski definition) is 0. The SMILES string of the molecule is I.[I][Pb][I]. The number of halogens is 3. The third-order valence-corrected chi connectivity index (χ3v) is 0. The molecule has 0 nitrogen and oxygen atoms in total. The van der Waals surface area contributed by atoms with E-state index >= 15 is 0 Å². The Kier molecular flexibility index (Phi) is 24.0. The van der Waals surface area contributed by atoms with Crippen molar-refractivity contribution >= 4 is 75.1 Å². The van der Waals surface area contributed by atoms with E-state index in [0.29, 0.717) is 0 Å². The summed E-state index contributed by atoms with van der Waals surface area (Å²) in [5.74, 6) is 0. The summed E-state index contributed by atoms with van der Waals surface area (Å²) in [5, 5.41) is 0. The summed E-state index contributed by atoms with van der Waals surface area (Å²) >= 11 is 4.96. The van der Waals surface area contributed by atoms with E-state index in [1.165, 1.54) is 0 Å². The van der Waals surface area contributed by atoms with Gasteiger partial charge in [0.05, 0.1) is 0 Å². The molecule has 0 fully saturated rings. The predicted octanol–water partition coefficient (Wildman–Crippen LogP) is 2.01. The van der Waals surface area contributed by atoms with E-state index in [9.17, 15) is 0 Å². The van der Waals surface area contributed by atoms with Gasteiger partial charge in [0, 0.05) is 0 Å². The van der Waals surface area contributed by atoms with E-state index in [-0.39, 0.29) is 39.6 Å². The van der Waals surface area contributed by atoms with E-state index in [4.69, 9.17) is 0 Å². The summed E-state index contributed by atoms with van der Waals surface area (Å²) < 4.78 is 0. The van der Waals surface area contributed by atoms with Crippen molar-refractivity contribution in [2.75, 3.05) is 0 Å². The number of hydrogen-bond acceptors (Lipinski definition) is 0. The quantitative estimate of drug-likeness (QED) is 0.300. The predicted molar refractivity (Wildman–Crippen MR) is 49.2 cm³/mol. The summed E-state index contributed by atoms with van der Waals surface area (Å²) in [6.45, 7) is 0. The Morgan fingerprint density at radius 1 is 1.25 bits per heavy atom. The van der Waals surface area contributed by atoms with Gasteiger partial charge in [-0.1, -0.05) is 0 Å². The van der Waals surface area contributed by atoms with Crippen LogP contribution in [0.4, 0.5) is 0 Å². The Hall–Kier alpha value is 3.11. The van der Waals surface area contributed by atoms with E-state index in [2.05, 4.69) is 35.5 Å². The van der Waals surface area contributed by atoms with Crippen LogP contribution in [0.5, 0.6) is 0 Å². The van der Waals surface area contributed by atoms with Crippen LogP contribution in [0.1, 0.15) is 0 Å². The van der Waals surface area contributed by atoms with Crippen molar-refractivity contribution < 1.29 is 0 Å². The van der Waals surface area contributed by atoms with Crippen molar-refractivity contribution in [3.63, 3.8) is 0 Å². The second kappa shape index (κ2) is 9.45. The van der Waals surface area contributed by atoms with Crippen molar-refractivity contribution in [1.29, 1.82) is 0 Å². The molecule has 0 spiro atoms. The molecule has 0 aliphatic heterocycles. The maximum absolute atomic E-state index is 2.47.